The van der Waals surface area contributed by atoms with Crippen molar-refractivity contribution in [3.8, 4) is 5.75 Å². The number of methoxy groups -OCH3 is 1. The van der Waals surface area contributed by atoms with Gasteiger partial charge >= 0.3 is 0 Å². The number of hydrogen-bond donors (Lipinski definition) is 1. The van der Waals surface area contributed by atoms with Crippen molar-refractivity contribution in [1.82, 2.24) is 4.90 Å². The highest BCUT2D eigenvalue weighted by molar-refractivity contribution is 5.85. The summed E-state index contributed by atoms with van der Waals surface area (Å²) >= 11 is 0. The third kappa shape index (κ3) is 4.51. The molecule has 0 radical (unpaired) electrons. The lowest BCUT2D eigenvalue weighted by Crippen LogP contribution is -2.52. The summed E-state index contributed by atoms with van der Waals surface area (Å²) in [6.07, 6.45) is 4.61. The molecule has 2 saturated heterocycles. The smallest absolute Gasteiger partial charge is 0.230 e. The number of rotatable bonds is 5. The van der Waals surface area contributed by atoms with Crippen LogP contribution in [-0.2, 0) is 16.0 Å². The summed E-state index contributed by atoms with van der Waals surface area (Å²) in [6, 6.07) is 8.22. The molecule has 6 heteroatoms. The summed E-state index contributed by atoms with van der Waals surface area (Å²) in [5.74, 6) is 1.81. The van der Waals surface area contributed by atoms with E-state index in [1.807, 2.05) is 17.0 Å². The van der Waals surface area contributed by atoms with Gasteiger partial charge in [0.05, 0.1) is 12.5 Å². The van der Waals surface area contributed by atoms with Crippen molar-refractivity contribution >= 4 is 18.3 Å². The van der Waals surface area contributed by atoms with E-state index in [1.54, 1.807) is 7.11 Å². The molecule has 0 aromatic heterocycles. The number of halogens is 1. The number of para-hydroxylation sites is 1. The van der Waals surface area contributed by atoms with Crippen LogP contribution in [0.3, 0.4) is 0 Å². The zero-order chi connectivity index (χ0) is 17.7. The molecule has 2 fully saturated rings. The maximum absolute atomic E-state index is 13.0. The summed E-state index contributed by atoms with van der Waals surface area (Å²) in [4.78, 5) is 15.1. The number of nitrogens with zero attached hydrogens (tertiary/aromatic N) is 1. The molecule has 1 amide bonds. The average molecular weight is 383 g/mol. The third-order valence-electron chi connectivity index (χ3n) is 5.90. The van der Waals surface area contributed by atoms with E-state index in [2.05, 4.69) is 12.1 Å². The number of carbonyl (C=O) groups is 1. The van der Waals surface area contributed by atoms with Gasteiger partial charge < -0.3 is 20.1 Å². The first-order chi connectivity index (χ1) is 12.2. The van der Waals surface area contributed by atoms with E-state index in [9.17, 15) is 4.79 Å². The van der Waals surface area contributed by atoms with Gasteiger partial charge in [0.2, 0.25) is 5.91 Å². The van der Waals surface area contributed by atoms with Gasteiger partial charge in [-0.2, -0.15) is 0 Å². The number of piperidine rings is 1. The molecule has 2 aliphatic heterocycles. The van der Waals surface area contributed by atoms with Crippen LogP contribution in [0.5, 0.6) is 5.75 Å². The maximum Gasteiger partial charge on any atom is 0.230 e. The van der Waals surface area contributed by atoms with Crippen molar-refractivity contribution in [2.24, 2.45) is 17.1 Å². The highest BCUT2D eigenvalue weighted by Crippen LogP contribution is 2.34. The standard InChI is InChI=1S/C20H30N2O3.ClH/c1-24-18-5-3-2-4-17(18)14-16-6-10-22(11-7-16)19(23)20(15-21)8-12-25-13-9-20;/h2-5,16H,6-15,21H2,1H3;1H. The maximum atomic E-state index is 13.0. The molecule has 2 aliphatic rings. The highest BCUT2D eigenvalue weighted by atomic mass is 35.5. The Balaban J connectivity index is 0.00000243. The summed E-state index contributed by atoms with van der Waals surface area (Å²) in [6.45, 7) is 3.39. The van der Waals surface area contributed by atoms with Gasteiger partial charge in [0.15, 0.2) is 0 Å². The minimum Gasteiger partial charge on any atom is -0.496 e. The normalized spacial score (nSPS) is 20.3. The molecule has 1 aromatic carbocycles. The molecule has 0 spiro atoms. The number of nitrogens with two attached hydrogens (primary N) is 1. The number of amides is 1. The molecule has 0 unspecified atom stereocenters. The van der Waals surface area contributed by atoms with Crippen molar-refractivity contribution in [2.45, 2.75) is 32.1 Å². The number of likely N-dealkylation sites (tertiary alicyclic amines) is 1. The molecule has 0 atom stereocenters. The van der Waals surface area contributed by atoms with E-state index in [0.717, 1.165) is 50.9 Å². The van der Waals surface area contributed by atoms with Crippen molar-refractivity contribution < 1.29 is 14.3 Å². The fourth-order valence-corrected chi connectivity index (χ4v) is 4.13. The summed E-state index contributed by atoms with van der Waals surface area (Å²) < 4.78 is 10.9. The Morgan fingerprint density at radius 3 is 2.54 bits per heavy atom. The Hall–Kier alpha value is -1.30. The Labute approximate surface area is 162 Å². The highest BCUT2D eigenvalue weighted by Gasteiger charge is 2.42. The lowest BCUT2D eigenvalue weighted by atomic mass is 9.78. The van der Waals surface area contributed by atoms with Crippen molar-refractivity contribution in [1.29, 1.82) is 0 Å². The summed E-state index contributed by atoms with van der Waals surface area (Å²) in [5.41, 5.74) is 6.86. The second-order valence-corrected chi connectivity index (χ2v) is 7.35. The van der Waals surface area contributed by atoms with Gasteiger partial charge in [-0.3, -0.25) is 4.79 Å². The van der Waals surface area contributed by atoms with Gasteiger partial charge in [0.1, 0.15) is 5.75 Å². The molecular formula is C20H31ClN2O3. The first-order valence-electron chi connectivity index (χ1n) is 9.37. The molecule has 0 bridgehead atoms. The first-order valence-corrected chi connectivity index (χ1v) is 9.37. The third-order valence-corrected chi connectivity index (χ3v) is 5.90. The minimum absolute atomic E-state index is 0. The van der Waals surface area contributed by atoms with Crippen LogP contribution in [-0.4, -0.2) is 50.8 Å². The van der Waals surface area contributed by atoms with Gasteiger partial charge in [0.25, 0.3) is 0 Å². The van der Waals surface area contributed by atoms with E-state index in [1.165, 1.54) is 5.56 Å². The molecular weight excluding hydrogens is 352 g/mol. The molecule has 0 aliphatic carbocycles. The zero-order valence-corrected chi connectivity index (χ0v) is 16.4. The van der Waals surface area contributed by atoms with Gasteiger partial charge in [-0.15, -0.1) is 12.4 Å². The van der Waals surface area contributed by atoms with E-state index < -0.39 is 5.41 Å². The van der Waals surface area contributed by atoms with Crippen molar-refractivity contribution in [3.05, 3.63) is 29.8 Å². The lowest BCUT2D eigenvalue weighted by molar-refractivity contribution is -0.148. The van der Waals surface area contributed by atoms with Crippen LogP contribution in [0.25, 0.3) is 0 Å². The number of ether oxygens (including phenoxy) is 2. The van der Waals surface area contributed by atoms with Gasteiger partial charge in [-0.25, -0.2) is 0 Å². The Bertz CT molecular complexity index is 582. The lowest BCUT2D eigenvalue weighted by Gasteiger charge is -2.41. The second kappa shape index (κ2) is 9.58. The van der Waals surface area contributed by atoms with Crippen LogP contribution in [0, 0.1) is 11.3 Å². The molecule has 5 nitrogen and oxygen atoms in total. The van der Waals surface area contributed by atoms with E-state index in [4.69, 9.17) is 15.2 Å². The van der Waals surface area contributed by atoms with Crippen molar-refractivity contribution in [3.63, 3.8) is 0 Å². The number of hydrogen-bond acceptors (Lipinski definition) is 4. The van der Waals surface area contributed by atoms with Crippen molar-refractivity contribution in [2.75, 3.05) is 40.0 Å². The largest absolute Gasteiger partial charge is 0.496 e. The predicted molar refractivity (Wildman–Crippen MR) is 105 cm³/mol. The monoisotopic (exact) mass is 382 g/mol. The Morgan fingerprint density at radius 1 is 1.27 bits per heavy atom. The van der Waals surface area contributed by atoms with Crippen LogP contribution >= 0.6 is 12.4 Å². The minimum atomic E-state index is -0.395. The van der Waals surface area contributed by atoms with Gasteiger partial charge in [-0.05, 0) is 49.7 Å². The van der Waals surface area contributed by atoms with E-state index in [0.29, 0.717) is 25.7 Å². The summed E-state index contributed by atoms with van der Waals surface area (Å²) in [5, 5.41) is 0. The van der Waals surface area contributed by atoms with Crippen LogP contribution in [0.1, 0.15) is 31.2 Å². The molecule has 1 aromatic rings. The average Bonchev–Trinajstić information content (AvgIpc) is 2.69. The molecule has 2 N–H and O–H groups in total. The van der Waals surface area contributed by atoms with Gasteiger partial charge in [-0.1, -0.05) is 18.2 Å². The zero-order valence-electron chi connectivity index (χ0n) is 15.6. The van der Waals surface area contributed by atoms with Crippen LogP contribution in [0.2, 0.25) is 0 Å². The molecule has 2 heterocycles. The SMILES string of the molecule is COc1ccccc1CC1CCN(C(=O)C2(CN)CCOCC2)CC1.Cl. The number of benzene rings is 1. The summed E-state index contributed by atoms with van der Waals surface area (Å²) in [7, 11) is 1.72. The quantitative estimate of drug-likeness (QED) is 0.850. The second-order valence-electron chi connectivity index (χ2n) is 7.35. The van der Waals surface area contributed by atoms with Crippen LogP contribution < -0.4 is 10.5 Å². The van der Waals surface area contributed by atoms with Crippen LogP contribution in [0.15, 0.2) is 24.3 Å². The molecule has 26 heavy (non-hydrogen) atoms. The molecule has 0 saturated carbocycles. The molecule has 3 rings (SSSR count). The number of carbonyl (C=O) groups excluding carboxylic acids is 1. The Kier molecular flexibility index (Phi) is 7.74. The first kappa shape index (κ1) is 21.0. The fraction of sp³-hybridized carbons (Fsp3) is 0.650. The fourth-order valence-electron chi connectivity index (χ4n) is 4.13. The van der Waals surface area contributed by atoms with E-state index >= 15 is 0 Å². The Morgan fingerprint density at radius 2 is 1.92 bits per heavy atom. The van der Waals surface area contributed by atoms with Gasteiger partial charge in [0, 0.05) is 32.8 Å². The van der Waals surface area contributed by atoms with Crippen LogP contribution in [0.4, 0.5) is 0 Å². The molecule has 146 valence electrons. The van der Waals surface area contributed by atoms with E-state index in [-0.39, 0.29) is 18.3 Å². The predicted octanol–water partition coefficient (Wildman–Crippen LogP) is 2.65. The topological polar surface area (TPSA) is 64.8 Å².